The number of aryl methyl sites for hydroxylation is 1. The van der Waals surface area contributed by atoms with Gasteiger partial charge in [0.15, 0.2) is 0 Å². The second-order valence-electron chi connectivity index (χ2n) is 4.07. The molecule has 0 atom stereocenters. The van der Waals surface area contributed by atoms with Gasteiger partial charge in [-0.05, 0) is 35.0 Å². The van der Waals surface area contributed by atoms with Gasteiger partial charge < -0.3 is 5.32 Å². The number of hydrogen-bond donors (Lipinski definition) is 1. The van der Waals surface area contributed by atoms with Gasteiger partial charge in [-0.25, -0.2) is 0 Å². The van der Waals surface area contributed by atoms with Crippen molar-refractivity contribution < 1.29 is 4.92 Å². The van der Waals surface area contributed by atoms with E-state index in [0.717, 1.165) is 12.2 Å². The normalized spacial score (nSPS) is 10.4. The van der Waals surface area contributed by atoms with E-state index in [1.54, 1.807) is 19.2 Å². The fraction of sp³-hybridized carbons (Fsp3) is 0.250. The van der Waals surface area contributed by atoms with E-state index in [9.17, 15) is 10.1 Å². The Labute approximate surface area is 118 Å². The lowest BCUT2D eigenvalue weighted by molar-refractivity contribution is -0.385. The van der Waals surface area contributed by atoms with E-state index < -0.39 is 0 Å². The maximum atomic E-state index is 10.8. The first-order valence-corrected chi connectivity index (χ1v) is 6.53. The average Bonchev–Trinajstić information content (AvgIpc) is 2.85. The molecule has 2 aromatic rings. The van der Waals surface area contributed by atoms with Crippen molar-refractivity contribution in [2.45, 2.75) is 13.5 Å². The molecule has 6 nitrogen and oxygen atoms in total. The van der Waals surface area contributed by atoms with Crippen LogP contribution in [0.4, 0.5) is 11.4 Å². The number of aromatic nitrogens is 2. The van der Waals surface area contributed by atoms with Crippen LogP contribution < -0.4 is 5.32 Å². The molecule has 100 valence electrons. The molecule has 0 fully saturated rings. The summed E-state index contributed by atoms with van der Waals surface area (Å²) in [5.41, 5.74) is 1.59. The lowest BCUT2D eigenvalue weighted by atomic mass is 10.2. The predicted octanol–water partition coefficient (Wildman–Crippen LogP) is 2.97. The Morgan fingerprint density at radius 2 is 2.32 bits per heavy atom. The first kappa shape index (κ1) is 13.5. The van der Waals surface area contributed by atoms with Crippen molar-refractivity contribution in [2.75, 3.05) is 11.9 Å². The molecule has 1 N–H and O–H groups in total. The molecule has 0 aliphatic heterocycles. The highest BCUT2D eigenvalue weighted by Crippen LogP contribution is 2.30. The van der Waals surface area contributed by atoms with Crippen molar-refractivity contribution in [1.29, 1.82) is 0 Å². The van der Waals surface area contributed by atoms with Gasteiger partial charge in [0, 0.05) is 40.7 Å². The number of anilines is 1. The van der Waals surface area contributed by atoms with Crippen LogP contribution in [0, 0.1) is 17.0 Å². The number of nitrogens with zero attached hydrogens (tertiary/aromatic N) is 3. The highest BCUT2D eigenvalue weighted by molar-refractivity contribution is 9.10. The van der Waals surface area contributed by atoms with Crippen molar-refractivity contribution in [2.24, 2.45) is 0 Å². The third-order valence-electron chi connectivity index (χ3n) is 2.70. The second-order valence-corrected chi connectivity index (χ2v) is 4.93. The summed E-state index contributed by atoms with van der Waals surface area (Å²) in [5, 5.41) is 18.1. The molecule has 1 heterocycles. The van der Waals surface area contributed by atoms with Gasteiger partial charge in [0.25, 0.3) is 5.69 Å². The largest absolute Gasteiger partial charge is 0.382 e. The molecule has 0 amide bonds. The average molecular weight is 325 g/mol. The lowest BCUT2D eigenvalue weighted by Crippen LogP contribution is -2.11. The van der Waals surface area contributed by atoms with Gasteiger partial charge in [0.1, 0.15) is 0 Å². The summed E-state index contributed by atoms with van der Waals surface area (Å²) in [4.78, 5) is 10.4. The van der Waals surface area contributed by atoms with E-state index in [-0.39, 0.29) is 10.6 Å². The molecule has 0 saturated carbocycles. The van der Waals surface area contributed by atoms with E-state index >= 15 is 0 Å². The number of nitro benzene ring substituents is 1. The van der Waals surface area contributed by atoms with Crippen molar-refractivity contribution in [3.8, 4) is 0 Å². The van der Waals surface area contributed by atoms with E-state index in [4.69, 9.17) is 0 Å². The Bertz CT molecular complexity index is 584. The van der Waals surface area contributed by atoms with Crippen LogP contribution in [-0.4, -0.2) is 21.2 Å². The van der Waals surface area contributed by atoms with Crippen LogP contribution in [0.2, 0.25) is 0 Å². The minimum Gasteiger partial charge on any atom is -0.382 e. The van der Waals surface area contributed by atoms with Crippen LogP contribution in [0.1, 0.15) is 5.56 Å². The Balaban J connectivity index is 2.04. The zero-order valence-corrected chi connectivity index (χ0v) is 11.9. The molecule has 7 heteroatoms. The van der Waals surface area contributed by atoms with Crippen LogP contribution in [0.15, 0.2) is 35.1 Å². The number of nitrogens with one attached hydrogen (secondary N) is 1. The molecule has 0 aliphatic rings. The molecule has 0 aliphatic carbocycles. The van der Waals surface area contributed by atoms with Gasteiger partial charge >= 0.3 is 0 Å². The zero-order chi connectivity index (χ0) is 13.8. The molecule has 1 aromatic heterocycles. The molecule has 1 aromatic carbocycles. The van der Waals surface area contributed by atoms with Crippen LogP contribution in [0.25, 0.3) is 0 Å². The third kappa shape index (κ3) is 3.31. The van der Waals surface area contributed by atoms with Crippen LogP contribution in [-0.2, 0) is 6.54 Å². The Kier molecular flexibility index (Phi) is 4.16. The Morgan fingerprint density at radius 1 is 1.53 bits per heavy atom. The maximum Gasteiger partial charge on any atom is 0.273 e. The van der Waals surface area contributed by atoms with Crippen LogP contribution in [0.3, 0.4) is 0 Å². The first-order valence-electron chi connectivity index (χ1n) is 5.74. The minimum atomic E-state index is -0.381. The van der Waals surface area contributed by atoms with Gasteiger partial charge in [-0.15, -0.1) is 0 Å². The number of rotatable bonds is 5. The minimum absolute atomic E-state index is 0.115. The summed E-state index contributed by atoms with van der Waals surface area (Å²) in [7, 11) is 0. The quantitative estimate of drug-likeness (QED) is 0.677. The number of benzene rings is 1. The second kappa shape index (κ2) is 5.83. The van der Waals surface area contributed by atoms with Crippen LogP contribution >= 0.6 is 15.9 Å². The Hall–Kier alpha value is -1.89. The highest BCUT2D eigenvalue weighted by atomic mass is 79.9. The van der Waals surface area contributed by atoms with Crippen molar-refractivity contribution in [3.05, 3.63) is 50.7 Å². The molecule has 0 bridgehead atoms. The van der Waals surface area contributed by atoms with Crippen LogP contribution in [0.5, 0.6) is 0 Å². The summed E-state index contributed by atoms with van der Waals surface area (Å²) in [6.45, 7) is 3.15. The molecule has 0 radical (unpaired) electrons. The van der Waals surface area contributed by atoms with Gasteiger partial charge in [0.2, 0.25) is 0 Å². The zero-order valence-electron chi connectivity index (χ0n) is 10.3. The molecule has 19 heavy (non-hydrogen) atoms. The predicted molar refractivity (Wildman–Crippen MR) is 76.3 cm³/mol. The monoisotopic (exact) mass is 324 g/mol. The lowest BCUT2D eigenvalue weighted by Gasteiger charge is -2.10. The number of hydrogen-bond acceptors (Lipinski definition) is 4. The highest BCUT2D eigenvalue weighted by Gasteiger charge is 2.13. The molecular formula is C12H13BrN4O2. The topological polar surface area (TPSA) is 73.0 Å². The van der Waals surface area contributed by atoms with Gasteiger partial charge in [-0.2, -0.15) is 5.10 Å². The third-order valence-corrected chi connectivity index (χ3v) is 3.35. The standard InChI is InChI=1S/C12H13BrN4O2/c1-9-7-11(10(13)8-12(9)17(18)19)14-4-6-16-5-2-3-15-16/h2-3,5,7-8,14H,4,6H2,1H3. The fourth-order valence-electron chi connectivity index (χ4n) is 1.74. The fourth-order valence-corrected chi connectivity index (χ4v) is 2.21. The molecule has 2 rings (SSSR count). The Morgan fingerprint density at radius 3 is 2.95 bits per heavy atom. The van der Waals surface area contributed by atoms with E-state index in [1.807, 2.05) is 16.9 Å². The molecule has 0 saturated heterocycles. The van der Waals surface area contributed by atoms with E-state index in [2.05, 4.69) is 26.3 Å². The number of halogens is 1. The van der Waals surface area contributed by atoms with Crippen molar-refractivity contribution >= 4 is 27.3 Å². The summed E-state index contributed by atoms with van der Waals surface area (Å²) in [6.07, 6.45) is 3.61. The summed E-state index contributed by atoms with van der Waals surface area (Å²) < 4.78 is 2.50. The van der Waals surface area contributed by atoms with E-state index in [1.165, 1.54) is 6.07 Å². The molecular weight excluding hydrogens is 312 g/mol. The number of nitro groups is 1. The molecule has 0 spiro atoms. The van der Waals surface area contributed by atoms with Gasteiger partial charge in [0.05, 0.1) is 11.5 Å². The van der Waals surface area contributed by atoms with E-state index in [0.29, 0.717) is 16.6 Å². The molecule has 0 unspecified atom stereocenters. The maximum absolute atomic E-state index is 10.8. The van der Waals surface area contributed by atoms with Gasteiger partial charge in [-0.3, -0.25) is 14.8 Å². The van der Waals surface area contributed by atoms with Crippen molar-refractivity contribution in [1.82, 2.24) is 9.78 Å². The van der Waals surface area contributed by atoms with Crippen molar-refractivity contribution in [3.63, 3.8) is 0 Å². The first-order chi connectivity index (χ1) is 9.08. The van der Waals surface area contributed by atoms with Gasteiger partial charge in [-0.1, -0.05) is 0 Å². The smallest absolute Gasteiger partial charge is 0.273 e. The summed E-state index contributed by atoms with van der Waals surface area (Å²) in [6, 6.07) is 5.16. The summed E-state index contributed by atoms with van der Waals surface area (Å²) >= 11 is 3.34. The summed E-state index contributed by atoms with van der Waals surface area (Å²) in [5.74, 6) is 0. The SMILES string of the molecule is Cc1cc(NCCn2cccn2)c(Br)cc1[N+](=O)[O-].